The predicted molar refractivity (Wildman–Crippen MR) is 84.8 cm³/mol. The van der Waals surface area contributed by atoms with E-state index in [-0.39, 0.29) is 11.5 Å². The van der Waals surface area contributed by atoms with Crippen LogP contribution in [0.25, 0.3) is 0 Å². The minimum Gasteiger partial charge on any atom is -0.493 e. The molecule has 0 radical (unpaired) electrons. The molecule has 0 aromatic heterocycles. The predicted octanol–water partition coefficient (Wildman–Crippen LogP) is 4.52. The summed E-state index contributed by atoms with van der Waals surface area (Å²) in [4.78, 5) is 0. The molecule has 3 rings (SSSR count). The Labute approximate surface area is 139 Å². The van der Waals surface area contributed by atoms with Gasteiger partial charge in [0.2, 0.25) is 0 Å². The number of halogens is 3. The molecule has 1 aromatic rings. The molecule has 0 bridgehead atoms. The second-order valence-corrected chi connectivity index (χ2v) is 6.80. The first-order valence-corrected chi connectivity index (χ1v) is 8.28. The fourth-order valence-electron chi connectivity index (χ4n) is 3.86. The van der Waals surface area contributed by atoms with Crippen LogP contribution >= 0.6 is 0 Å². The van der Waals surface area contributed by atoms with Gasteiger partial charge in [-0.1, -0.05) is 6.07 Å². The third kappa shape index (κ3) is 3.43. The highest BCUT2D eigenvalue weighted by molar-refractivity contribution is 6.07. The quantitative estimate of drug-likeness (QED) is 0.875. The molecule has 0 aliphatic heterocycles. The summed E-state index contributed by atoms with van der Waals surface area (Å²) >= 11 is 0. The fraction of sp³-hybridized carbons (Fsp3) is 0.611. The molecule has 6 heteroatoms. The Morgan fingerprint density at radius 1 is 1.25 bits per heavy atom. The standard InChI is InChI=1S/C18H22F3NO2/c1-23-13-4-6-17(7-5-13)11-12-2-3-14(10-15(12)16(17)22)24-9-8-18(19,20)21/h2-3,10,13,22H,4-9,11H2,1H3/t13-,17-. The SMILES string of the molecule is CO[C@H]1CC[C@]2(CC1)Cc1ccc(OCCC(F)(F)F)cc1C2=N. The van der Waals surface area contributed by atoms with Gasteiger partial charge in [-0.05, 0) is 49.8 Å². The first-order valence-electron chi connectivity index (χ1n) is 8.28. The third-order valence-electron chi connectivity index (χ3n) is 5.29. The Kier molecular flexibility index (Phi) is 4.60. The fourth-order valence-corrected chi connectivity index (χ4v) is 3.86. The lowest BCUT2D eigenvalue weighted by Crippen LogP contribution is -2.35. The van der Waals surface area contributed by atoms with Crippen molar-refractivity contribution in [3.63, 3.8) is 0 Å². The zero-order valence-corrected chi connectivity index (χ0v) is 13.7. The van der Waals surface area contributed by atoms with E-state index in [1.54, 1.807) is 19.2 Å². The summed E-state index contributed by atoms with van der Waals surface area (Å²) in [6.45, 7) is -0.393. The van der Waals surface area contributed by atoms with Gasteiger partial charge in [0, 0.05) is 23.8 Å². The van der Waals surface area contributed by atoms with Crippen molar-refractivity contribution in [2.45, 2.75) is 50.8 Å². The van der Waals surface area contributed by atoms with Crippen LogP contribution in [0.15, 0.2) is 18.2 Å². The molecule has 24 heavy (non-hydrogen) atoms. The smallest absolute Gasteiger partial charge is 0.392 e. The maximum Gasteiger partial charge on any atom is 0.392 e. The second kappa shape index (κ2) is 6.39. The lowest BCUT2D eigenvalue weighted by Gasteiger charge is -2.36. The highest BCUT2D eigenvalue weighted by atomic mass is 19.4. The van der Waals surface area contributed by atoms with Crippen LogP contribution < -0.4 is 4.74 Å². The lowest BCUT2D eigenvalue weighted by atomic mass is 9.70. The number of rotatable bonds is 4. The topological polar surface area (TPSA) is 42.3 Å². The maximum atomic E-state index is 12.2. The minimum absolute atomic E-state index is 0.137. The molecule has 0 saturated heterocycles. The van der Waals surface area contributed by atoms with E-state index in [0.29, 0.717) is 11.5 Å². The Hall–Kier alpha value is -1.56. The molecule has 0 unspecified atom stereocenters. The largest absolute Gasteiger partial charge is 0.493 e. The number of hydrogen-bond acceptors (Lipinski definition) is 3. The van der Waals surface area contributed by atoms with E-state index in [4.69, 9.17) is 14.9 Å². The normalized spacial score (nSPS) is 26.7. The van der Waals surface area contributed by atoms with E-state index in [2.05, 4.69) is 0 Å². The number of methoxy groups -OCH3 is 1. The van der Waals surface area contributed by atoms with Gasteiger partial charge in [0.05, 0.1) is 19.1 Å². The number of nitrogens with one attached hydrogen (secondary N) is 1. The molecule has 0 heterocycles. The first kappa shape index (κ1) is 17.3. The molecule has 2 aliphatic rings. The van der Waals surface area contributed by atoms with E-state index in [1.165, 1.54) is 0 Å². The molecule has 1 fully saturated rings. The van der Waals surface area contributed by atoms with Crippen molar-refractivity contribution in [3.05, 3.63) is 29.3 Å². The zero-order chi connectivity index (χ0) is 17.4. The third-order valence-corrected chi connectivity index (χ3v) is 5.29. The highest BCUT2D eigenvalue weighted by Gasteiger charge is 2.44. The molecule has 1 spiro atoms. The molecular weight excluding hydrogens is 319 g/mol. The van der Waals surface area contributed by atoms with E-state index in [1.807, 2.05) is 6.07 Å². The van der Waals surface area contributed by atoms with Crippen LogP contribution in [0.2, 0.25) is 0 Å². The second-order valence-electron chi connectivity index (χ2n) is 6.80. The van der Waals surface area contributed by atoms with Crippen LogP contribution in [-0.4, -0.2) is 31.7 Å². The lowest BCUT2D eigenvalue weighted by molar-refractivity contribution is -0.139. The summed E-state index contributed by atoms with van der Waals surface area (Å²) in [5, 5.41) is 8.59. The van der Waals surface area contributed by atoms with Gasteiger partial charge in [-0.2, -0.15) is 13.2 Å². The zero-order valence-electron chi connectivity index (χ0n) is 13.7. The monoisotopic (exact) mass is 341 g/mol. The molecule has 1 aromatic carbocycles. The van der Waals surface area contributed by atoms with Gasteiger partial charge < -0.3 is 14.9 Å². The minimum atomic E-state index is -4.21. The van der Waals surface area contributed by atoms with E-state index in [9.17, 15) is 13.2 Å². The van der Waals surface area contributed by atoms with Gasteiger partial charge in [-0.25, -0.2) is 0 Å². The summed E-state index contributed by atoms with van der Waals surface area (Å²) in [5.74, 6) is 0.408. The van der Waals surface area contributed by atoms with E-state index >= 15 is 0 Å². The van der Waals surface area contributed by atoms with Crippen molar-refractivity contribution < 1.29 is 22.6 Å². The number of hydrogen-bond donors (Lipinski definition) is 1. The summed E-state index contributed by atoms with van der Waals surface area (Å²) in [5.41, 5.74) is 2.39. The van der Waals surface area contributed by atoms with Crippen LogP contribution in [0.4, 0.5) is 13.2 Å². The molecule has 0 atom stereocenters. The highest BCUT2D eigenvalue weighted by Crippen LogP contribution is 2.48. The molecule has 3 nitrogen and oxygen atoms in total. The summed E-state index contributed by atoms with van der Waals surface area (Å²) in [7, 11) is 1.72. The van der Waals surface area contributed by atoms with Crippen LogP contribution in [0, 0.1) is 10.8 Å². The van der Waals surface area contributed by atoms with E-state index in [0.717, 1.165) is 43.2 Å². The first-order chi connectivity index (χ1) is 11.3. The molecular formula is C18H22F3NO2. The molecule has 0 amide bonds. The van der Waals surface area contributed by atoms with Gasteiger partial charge >= 0.3 is 6.18 Å². The Morgan fingerprint density at radius 2 is 1.96 bits per heavy atom. The van der Waals surface area contributed by atoms with Gasteiger partial charge in [-0.15, -0.1) is 0 Å². The van der Waals surface area contributed by atoms with Crippen LogP contribution in [0.1, 0.15) is 43.2 Å². The molecule has 132 valence electrons. The number of ether oxygens (including phenoxy) is 2. The van der Waals surface area contributed by atoms with Crippen molar-refractivity contribution in [2.75, 3.05) is 13.7 Å². The molecule has 1 N–H and O–H groups in total. The average Bonchev–Trinajstić information content (AvgIpc) is 2.80. The van der Waals surface area contributed by atoms with Crippen molar-refractivity contribution in [1.29, 1.82) is 5.41 Å². The van der Waals surface area contributed by atoms with Gasteiger partial charge in [0.1, 0.15) is 5.75 Å². The maximum absolute atomic E-state index is 12.2. The van der Waals surface area contributed by atoms with Gasteiger partial charge in [0.25, 0.3) is 0 Å². The van der Waals surface area contributed by atoms with Crippen molar-refractivity contribution in [3.8, 4) is 5.75 Å². The summed E-state index contributed by atoms with van der Waals surface area (Å²) in [6, 6.07) is 5.33. The molecule has 2 aliphatic carbocycles. The van der Waals surface area contributed by atoms with Crippen molar-refractivity contribution in [1.82, 2.24) is 0 Å². The average molecular weight is 341 g/mol. The number of benzene rings is 1. The summed E-state index contributed by atoms with van der Waals surface area (Å²) < 4.78 is 47.3. The van der Waals surface area contributed by atoms with E-state index < -0.39 is 19.2 Å². The van der Waals surface area contributed by atoms with Gasteiger partial charge in [-0.3, -0.25) is 0 Å². The van der Waals surface area contributed by atoms with Gasteiger partial charge in [0.15, 0.2) is 0 Å². The van der Waals surface area contributed by atoms with Crippen molar-refractivity contribution >= 4 is 5.71 Å². The van der Waals surface area contributed by atoms with Crippen molar-refractivity contribution in [2.24, 2.45) is 5.41 Å². The molecule has 1 saturated carbocycles. The van der Waals surface area contributed by atoms with Crippen LogP contribution in [0.3, 0.4) is 0 Å². The Bertz CT molecular complexity index is 619. The summed E-state index contributed by atoms with van der Waals surface area (Å²) in [6.07, 6.45) is -0.345. The van der Waals surface area contributed by atoms with Crippen LogP contribution in [0.5, 0.6) is 5.75 Å². The Morgan fingerprint density at radius 3 is 2.58 bits per heavy atom. The number of fused-ring (bicyclic) bond motifs is 1. The Balaban J connectivity index is 1.69. The van der Waals surface area contributed by atoms with Crippen LogP contribution in [-0.2, 0) is 11.2 Å². The number of alkyl halides is 3.